The first kappa shape index (κ1) is 16.1. The molecule has 21 heavy (non-hydrogen) atoms. The summed E-state index contributed by atoms with van der Waals surface area (Å²) in [5, 5.41) is 6.94. The van der Waals surface area contributed by atoms with Crippen molar-refractivity contribution in [1.29, 1.82) is 0 Å². The molecule has 0 spiro atoms. The number of nitrogens with one attached hydrogen (secondary N) is 2. The number of nitrogen functional groups attached to an aromatic ring is 1. The molecular weight excluding hydrogens is 370 g/mol. The minimum atomic E-state index is -0.160. The molecule has 7 heteroatoms. The number of carbonyl (C=O) groups excluding carboxylic acids is 1. The lowest BCUT2D eigenvalue weighted by atomic mass is 10.3. The van der Waals surface area contributed by atoms with Gasteiger partial charge in [0.1, 0.15) is 4.88 Å². The Morgan fingerprint density at radius 1 is 1.43 bits per heavy atom. The van der Waals surface area contributed by atoms with Crippen LogP contribution in [0.25, 0.3) is 0 Å². The maximum absolute atomic E-state index is 11.9. The highest BCUT2D eigenvalue weighted by molar-refractivity contribution is 9.11. The second kappa shape index (κ2) is 7.63. The molecule has 0 saturated heterocycles. The molecule has 4 N–H and O–H groups in total. The molecule has 0 atom stereocenters. The molecule has 0 aliphatic rings. The zero-order valence-electron chi connectivity index (χ0n) is 11.3. The third-order valence-corrected chi connectivity index (χ3v) is 5.46. The van der Waals surface area contributed by atoms with Crippen LogP contribution in [0.5, 0.6) is 0 Å². The standard InChI is InChI=1S/C14H16BrN3OS2/c1-2-6-18-14(19)13-10(16)8-12(21-13)17-7-5-9-3-4-11(15)20-9/h2-4,8,17H,1,5-7,16H2,(H,18,19). The van der Waals surface area contributed by atoms with Crippen LogP contribution in [0.3, 0.4) is 0 Å². The van der Waals surface area contributed by atoms with Crippen LogP contribution in [0.1, 0.15) is 14.5 Å². The molecule has 0 saturated carbocycles. The normalized spacial score (nSPS) is 10.3. The van der Waals surface area contributed by atoms with Gasteiger partial charge in [-0.3, -0.25) is 4.79 Å². The van der Waals surface area contributed by atoms with Crippen molar-refractivity contribution in [2.75, 3.05) is 24.1 Å². The van der Waals surface area contributed by atoms with E-state index in [0.717, 1.165) is 21.8 Å². The van der Waals surface area contributed by atoms with Crippen molar-refractivity contribution in [1.82, 2.24) is 5.32 Å². The van der Waals surface area contributed by atoms with Crippen molar-refractivity contribution in [2.24, 2.45) is 0 Å². The van der Waals surface area contributed by atoms with Gasteiger partial charge >= 0.3 is 0 Å². The lowest BCUT2D eigenvalue weighted by Crippen LogP contribution is -2.22. The van der Waals surface area contributed by atoms with Crippen molar-refractivity contribution >= 4 is 55.2 Å². The Morgan fingerprint density at radius 2 is 2.24 bits per heavy atom. The first-order valence-electron chi connectivity index (χ1n) is 6.36. The van der Waals surface area contributed by atoms with E-state index in [2.05, 4.69) is 39.2 Å². The first-order chi connectivity index (χ1) is 10.1. The number of hydrogen-bond acceptors (Lipinski definition) is 5. The molecule has 2 aromatic heterocycles. The monoisotopic (exact) mass is 385 g/mol. The highest BCUT2D eigenvalue weighted by Crippen LogP contribution is 2.29. The lowest BCUT2D eigenvalue weighted by Gasteiger charge is -2.01. The highest BCUT2D eigenvalue weighted by Gasteiger charge is 2.13. The second-order valence-corrected chi connectivity index (χ2v) is 7.88. The smallest absolute Gasteiger partial charge is 0.263 e. The van der Waals surface area contributed by atoms with E-state index in [9.17, 15) is 4.79 Å². The van der Waals surface area contributed by atoms with Crippen molar-refractivity contribution in [2.45, 2.75) is 6.42 Å². The van der Waals surface area contributed by atoms with Gasteiger partial charge in [0.25, 0.3) is 5.91 Å². The summed E-state index contributed by atoms with van der Waals surface area (Å²) in [5.41, 5.74) is 6.38. The van der Waals surface area contributed by atoms with Crippen LogP contribution in [-0.2, 0) is 6.42 Å². The van der Waals surface area contributed by atoms with Crippen LogP contribution < -0.4 is 16.4 Å². The molecule has 2 heterocycles. The molecule has 112 valence electrons. The first-order valence-corrected chi connectivity index (χ1v) is 8.79. The van der Waals surface area contributed by atoms with Gasteiger partial charge in [0.15, 0.2) is 0 Å². The molecule has 0 unspecified atom stereocenters. The van der Waals surface area contributed by atoms with Gasteiger partial charge in [-0.25, -0.2) is 0 Å². The Kier molecular flexibility index (Phi) is 5.84. The highest BCUT2D eigenvalue weighted by atomic mass is 79.9. The van der Waals surface area contributed by atoms with E-state index in [4.69, 9.17) is 5.73 Å². The minimum Gasteiger partial charge on any atom is -0.397 e. The van der Waals surface area contributed by atoms with Crippen LogP contribution in [-0.4, -0.2) is 19.0 Å². The molecule has 2 aromatic rings. The van der Waals surface area contributed by atoms with Gasteiger partial charge in [0.05, 0.1) is 14.5 Å². The van der Waals surface area contributed by atoms with Crippen molar-refractivity contribution in [3.8, 4) is 0 Å². The largest absolute Gasteiger partial charge is 0.397 e. The molecule has 0 bridgehead atoms. The van der Waals surface area contributed by atoms with E-state index in [0.29, 0.717) is 17.1 Å². The average molecular weight is 386 g/mol. The summed E-state index contributed by atoms with van der Waals surface area (Å²) in [6, 6.07) is 5.95. The fraction of sp³-hybridized carbons (Fsp3) is 0.214. The topological polar surface area (TPSA) is 67.2 Å². The predicted molar refractivity (Wildman–Crippen MR) is 95.5 cm³/mol. The number of halogens is 1. The van der Waals surface area contributed by atoms with E-state index >= 15 is 0 Å². The number of nitrogens with two attached hydrogens (primary N) is 1. The average Bonchev–Trinajstić information content (AvgIpc) is 3.02. The summed E-state index contributed by atoms with van der Waals surface area (Å²) in [6.45, 7) is 4.81. The number of amides is 1. The fourth-order valence-electron chi connectivity index (χ4n) is 1.71. The zero-order chi connectivity index (χ0) is 15.2. The molecule has 1 amide bonds. The van der Waals surface area contributed by atoms with E-state index in [1.165, 1.54) is 16.2 Å². The summed E-state index contributed by atoms with van der Waals surface area (Å²) in [6.07, 6.45) is 2.58. The summed E-state index contributed by atoms with van der Waals surface area (Å²) >= 11 is 6.55. The summed E-state index contributed by atoms with van der Waals surface area (Å²) < 4.78 is 1.14. The molecule has 0 fully saturated rings. The van der Waals surface area contributed by atoms with Gasteiger partial charge in [-0.2, -0.15) is 0 Å². The van der Waals surface area contributed by atoms with Crippen molar-refractivity contribution < 1.29 is 4.79 Å². The Labute approximate surface area is 140 Å². The Hall–Kier alpha value is -1.31. The molecule has 2 rings (SSSR count). The Bertz CT molecular complexity index is 636. The molecular formula is C14H16BrN3OS2. The van der Waals surface area contributed by atoms with Crippen LogP contribution in [0, 0.1) is 0 Å². The van der Waals surface area contributed by atoms with Crippen molar-refractivity contribution in [3.05, 3.63) is 44.4 Å². The summed E-state index contributed by atoms with van der Waals surface area (Å²) in [7, 11) is 0. The van der Waals surface area contributed by atoms with Gasteiger partial charge < -0.3 is 16.4 Å². The van der Waals surface area contributed by atoms with Gasteiger partial charge in [0, 0.05) is 18.0 Å². The van der Waals surface area contributed by atoms with Crippen molar-refractivity contribution in [3.63, 3.8) is 0 Å². The third-order valence-electron chi connectivity index (χ3n) is 2.67. The van der Waals surface area contributed by atoms with E-state index < -0.39 is 0 Å². The molecule has 0 radical (unpaired) electrons. The van der Waals surface area contributed by atoms with Gasteiger partial charge in [-0.1, -0.05) is 6.08 Å². The zero-order valence-corrected chi connectivity index (χ0v) is 14.5. The van der Waals surface area contributed by atoms with Gasteiger partial charge in [0.2, 0.25) is 0 Å². The number of rotatable bonds is 7. The Balaban J connectivity index is 1.89. The summed E-state index contributed by atoms with van der Waals surface area (Å²) in [5.74, 6) is -0.160. The maximum atomic E-state index is 11.9. The van der Waals surface area contributed by atoms with Crippen LogP contribution in [0.15, 0.2) is 34.6 Å². The Morgan fingerprint density at radius 3 is 2.90 bits per heavy atom. The predicted octanol–water partition coefficient (Wildman–Crippen LogP) is 3.72. The second-order valence-electron chi connectivity index (χ2n) is 4.28. The third kappa shape index (κ3) is 4.59. The SMILES string of the molecule is C=CCNC(=O)c1sc(NCCc2ccc(Br)s2)cc1N. The molecule has 4 nitrogen and oxygen atoms in total. The van der Waals surface area contributed by atoms with Crippen LogP contribution in [0.2, 0.25) is 0 Å². The summed E-state index contributed by atoms with van der Waals surface area (Å²) in [4.78, 5) is 13.7. The van der Waals surface area contributed by atoms with Gasteiger partial charge in [-0.15, -0.1) is 29.3 Å². The van der Waals surface area contributed by atoms with Crippen LogP contribution >= 0.6 is 38.6 Å². The number of hydrogen-bond donors (Lipinski definition) is 3. The molecule has 0 aliphatic heterocycles. The lowest BCUT2D eigenvalue weighted by molar-refractivity contribution is 0.0963. The van der Waals surface area contributed by atoms with E-state index in [-0.39, 0.29) is 5.91 Å². The fourth-order valence-corrected chi connectivity index (χ4v) is 4.11. The van der Waals surface area contributed by atoms with E-state index in [1.54, 1.807) is 23.5 Å². The van der Waals surface area contributed by atoms with E-state index in [1.807, 2.05) is 6.07 Å². The van der Waals surface area contributed by atoms with Gasteiger partial charge in [-0.05, 0) is 40.5 Å². The quantitative estimate of drug-likeness (QED) is 0.636. The maximum Gasteiger partial charge on any atom is 0.263 e. The number of carbonyl (C=O) groups is 1. The number of anilines is 2. The minimum absolute atomic E-state index is 0.160. The van der Waals surface area contributed by atoms with Crippen LogP contribution in [0.4, 0.5) is 10.7 Å². The molecule has 0 aliphatic carbocycles. The molecule has 0 aromatic carbocycles. The number of thiophene rings is 2.